The van der Waals surface area contributed by atoms with Crippen molar-refractivity contribution in [3.63, 3.8) is 0 Å². The van der Waals surface area contributed by atoms with Gasteiger partial charge in [0.25, 0.3) is 0 Å². The molecule has 2 heterocycles. The number of aryl methyl sites for hydroxylation is 1. The first-order chi connectivity index (χ1) is 17.5. The molecule has 1 amide bonds. The van der Waals surface area contributed by atoms with E-state index in [1.54, 1.807) is 6.20 Å². The lowest BCUT2D eigenvalue weighted by atomic mass is 10.2. The maximum Gasteiger partial charge on any atom is 0.217 e. The number of rotatable bonds is 13. The van der Waals surface area contributed by atoms with E-state index in [1.165, 1.54) is 0 Å². The van der Waals surface area contributed by atoms with Gasteiger partial charge in [-0.3, -0.25) is 14.5 Å². The summed E-state index contributed by atoms with van der Waals surface area (Å²) in [5, 5.41) is 7.99. The van der Waals surface area contributed by atoms with E-state index in [4.69, 9.17) is 10.7 Å². The first kappa shape index (κ1) is 25.3. The smallest absolute Gasteiger partial charge is 0.217 e. The first-order valence-corrected chi connectivity index (χ1v) is 12.6. The van der Waals surface area contributed by atoms with Crippen molar-refractivity contribution in [2.75, 3.05) is 18.0 Å². The van der Waals surface area contributed by atoms with Crippen LogP contribution in [0.1, 0.15) is 39.5 Å². The molecule has 36 heavy (non-hydrogen) atoms. The Balaban J connectivity index is 1.52. The summed E-state index contributed by atoms with van der Waals surface area (Å²) >= 11 is 0. The molecule has 8 heteroatoms. The number of unbranched alkanes of at least 4 members (excludes halogenated alkanes) is 2. The topological polar surface area (TPSA) is 102 Å². The number of nitrogens with two attached hydrogens (primary N) is 1. The number of hydrogen-bond acceptors (Lipinski definition) is 6. The highest BCUT2D eigenvalue weighted by molar-refractivity contribution is 5.82. The number of para-hydroxylation sites is 1. The molecule has 0 unspecified atom stereocenters. The Kier molecular flexibility index (Phi) is 8.62. The molecule has 8 nitrogen and oxygen atoms in total. The number of hydrogen-bond donors (Lipinski definition) is 2. The third-order valence-electron chi connectivity index (χ3n) is 6.03. The van der Waals surface area contributed by atoms with Gasteiger partial charge in [0.2, 0.25) is 5.91 Å². The van der Waals surface area contributed by atoms with Gasteiger partial charge in [0.1, 0.15) is 0 Å². The Bertz CT molecular complexity index is 1270. The molecule has 0 spiro atoms. The average Bonchev–Trinajstić information content (AvgIpc) is 3.35. The van der Waals surface area contributed by atoms with Crippen molar-refractivity contribution in [3.8, 4) is 11.3 Å². The van der Waals surface area contributed by atoms with Gasteiger partial charge in [-0.1, -0.05) is 38.5 Å². The number of carbonyl (C=O) groups excluding carboxylic acids is 1. The lowest BCUT2D eigenvalue weighted by Crippen LogP contribution is -2.32. The number of benzene rings is 2. The maximum atomic E-state index is 10.9. The van der Waals surface area contributed by atoms with Crippen LogP contribution in [-0.2, 0) is 11.3 Å². The highest BCUT2D eigenvalue weighted by Gasteiger charge is 2.12. The van der Waals surface area contributed by atoms with E-state index in [1.807, 2.05) is 29.2 Å². The molecule has 4 aromatic rings. The molecule has 3 N–H and O–H groups in total. The standard InChI is InChI=1S/C28H35N7O/c1-21(2)30-14-16-35(23-9-5-3-6-10-23)24-12-13-25-26(17-24)33-27(19-31-25)22-18-32-34(20-22)15-8-4-7-11-28(29)36/h3,5-6,9-10,12-13,17-21,30H,4,7-8,11,14-16H2,1-2H3,(H2,29,36). The fourth-order valence-corrected chi connectivity index (χ4v) is 4.16. The van der Waals surface area contributed by atoms with Crippen molar-refractivity contribution in [2.45, 2.75) is 52.1 Å². The number of primary amides is 1. The second-order valence-corrected chi connectivity index (χ2v) is 9.29. The van der Waals surface area contributed by atoms with Crippen molar-refractivity contribution < 1.29 is 4.79 Å². The third-order valence-corrected chi connectivity index (χ3v) is 6.03. The van der Waals surface area contributed by atoms with Crippen molar-refractivity contribution in [3.05, 3.63) is 67.1 Å². The number of carbonyl (C=O) groups is 1. The van der Waals surface area contributed by atoms with E-state index in [0.717, 1.165) is 72.6 Å². The van der Waals surface area contributed by atoms with Gasteiger partial charge in [0, 0.05) is 55.2 Å². The lowest BCUT2D eigenvalue weighted by Gasteiger charge is -2.26. The van der Waals surface area contributed by atoms with Gasteiger partial charge in [0.05, 0.1) is 29.1 Å². The fourth-order valence-electron chi connectivity index (χ4n) is 4.16. The summed E-state index contributed by atoms with van der Waals surface area (Å²) in [5.41, 5.74) is 10.9. The van der Waals surface area contributed by atoms with Crippen LogP contribution in [0.3, 0.4) is 0 Å². The van der Waals surface area contributed by atoms with Crippen LogP contribution in [-0.4, -0.2) is 44.8 Å². The molecule has 188 valence electrons. The predicted molar refractivity (Wildman–Crippen MR) is 145 cm³/mol. The van der Waals surface area contributed by atoms with Gasteiger partial charge in [0.15, 0.2) is 0 Å². The average molecular weight is 486 g/mol. The number of nitrogens with zero attached hydrogens (tertiary/aromatic N) is 5. The van der Waals surface area contributed by atoms with Gasteiger partial charge in [-0.25, -0.2) is 4.98 Å². The van der Waals surface area contributed by atoms with Gasteiger partial charge < -0.3 is 16.0 Å². The molecule has 0 saturated heterocycles. The van der Waals surface area contributed by atoms with Crippen LogP contribution in [0, 0.1) is 0 Å². The molecule has 0 aliphatic heterocycles. The molecule has 0 bridgehead atoms. The van der Waals surface area contributed by atoms with Crippen molar-refractivity contribution in [2.24, 2.45) is 5.73 Å². The lowest BCUT2D eigenvalue weighted by molar-refractivity contribution is -0.118. The highest BCUT2D eigenvalue weighted by Crippen LogP contribution is 2.28. The minimum absolute atomic E-state index is 0.242. The maximum absolute atomic E-state index is 10.9. The Morgan fingerprint density at radius 1 is 1.03 bits per heavy atom. The van der Waals surface area contributed by atoms with Crippen LogP contribution >= 0.6 is 0 Å². The monoisotopic (exact) mass is 485 g/mol. The molecule has 0 aliphatic carbocycles. The summed E-state index contributed by atoms with van der Waals surface area (Å²) < 4.78 is 1.92. The zero-order chi connectivity index (χ0) is 25.3. The predicted octanol–water partition coefficient (Wildman–Crippen LogP) is 4.68. The Labute approximate surface area is 212 Å². The second-order valence-electron chi connectivity index (χ2n) is 9.29. The summed E-state index contributed by atoms with van der Waals surface area (Å²) in [7, 11) is 0. The van der Waals surface area contributed by atoms with Gasteiger partial charge >= 0.3 is 0 Å². The normalized spacial score (nSPS) is 11.3. The number of amides is 1. The Morgan fingerprint density at radius 3 is 2.64 bits per heavy atom. The summed E-state index contributed by atoms with van der Waals surface area (Å²) in [6.07, 6.45) is 8.78. The van der Waals surface area contributed by atoms with Crippen LogP contribution in [0.4, 0.5) is 11.4 Å². The highest BCUT2D eigenvalue weighted by atomic mass is 16.1. The van der Waals surface area contributed by atoms with E-state index < -0.39 is 0 Å². The van der Waals surface area contributed by atoms with E-state index in [2.05, 4.69) is 70.5 Å². The van der Waals surface area contributed by atoms with Crippen LogP contribution < -0.4 is 16.0 Å². The van der Waals surface area contributed by atoms with Crippen molar-refractivity contribution in [1.29, 1.82) is 0 Å². The number of fused-ring (bicyclic) bond motifs is 1. The number of aromatic nitrogens is 4. The summed E-state index contributed by atoms with van der Waals surface area (Å²) in [5.74, 6) is -0.242. The second kappa shape index (κ2) is 12.3. The summed E-state index contributed by atoms with van der Waals surface area (Å²) in [6, 6.07) is 17.1. The number of nitrogens with one attached hydrogen (secondary N) is 1. The minimum atomic E-state index is -0.242. The Hall–Kier alpha value is -3.78. The van der Waals surface area contributed by atoms with Crippen molar-refractivity contribution in [1.82, 2.24) is 25.1 Å². The van der Waals surface area contributed by atoms with Gasteiger partial charge in [-0.2, -0.15) is 5.10 Å². The molecule has 0 aliphatic rings. The number of anilines is 2. The minimum Gasteiger partial charge on any atom is -0.370 e. The molecular formula is C28H35N7O. The Morgan fingerprint density at radius 2 is 1.86 bits per heavy atom. The SMILES string of the molecule is CC(C)NCCN(c1ccccc1)c1ccc2ncc(-c3cnn(CCCCCC(N)=O)c3)nc2c1. The van der Waals surface area contributed by atoms with Crippen LogP contribution in [0.2, 0.25) is 0 Å². The first-order valence-electron chi connectivity index (χ1n) is 12.6. The zero-order valence-electron chi connectivity index (χ0n) is 21.1. The van der Waals surface area contributed by atoms with E-state index in [-0.39, 0.29) is 5.91 Å². The van der Waals surface area contributed by atoms with E-state index in [9.17, 15) is 4.79 Å². The largest absolute Gasteiger partial charge is 0.370 e. The molecule has 4 rings (SSSR count). The van der Waals surface area contributed by atoms with Crippen molar-refractivity contribution >= 4 is 28.3 Å². The molecule has 0 saturated carbocycles. The molecule has 2 aromatic heterocycles. The van der Waals surface area contributed by atoms with Gasteiger partial charge in [-0.05, 0) is 43.2 Å². The fraction of sp³-hybridized carbons (Fsp3) is 0.357. The molecule has 0 fully saturated rings. The molecular weight excluding hydrogens is 450 g/mol. The van der Waals surface area contributed by atoms with E-state index >= 15 is 0 Å². The van der Waals surface area contributed by atoms with Crippen LogP contribution in [0.5, 0.6) is 0 Å². The van der Waals surface area contributed by atoms with Crippen LogP contribution in [0.25, 0.3) is 22.3 Å². The summed E-state index contributed by atoms with van der Waals surface area (Å²) in [4.78, 5) is 22.8. The molecule has 0 atom stereocenters. The zero-order valence-corrected chi connectivity index (χ0v) is 21.1. The summed E-state index contributed by atoms with van der Waals surface area (Å²) in [6.45, 7) is 6.82. The van der Waals surface area contributed by atoms with E-state index in [0.29, 0.717) is 12.5 Å². The molecule has 2 aromatic carbocycles. The van der Waals surface area contributed by atoms with Gasteiger partial charge in [-0.15, -0.1) is 0 Å². The molecule has 0 radical (unpaired) electrons. The quantitative estimate of drug-likeness (QED) is 0.267. The third kappa shape index (κ3) is 6.88. The van der Waals surface area contributed by atoms with Crippen LogP contribution in [0.15, 0.2) is 67.1 Å².